The minimum absolute atomic E-state index is 0.135. The maximum atomic E-state index is 12.3. The highest BCUT2D eigenvalue weighted by molar-refractivity contribution is 5.84. The molecule has 130 valence electrons. The molecular weight excluding hydrogens is 312 g/mol. The Balaban J connectivity index is 1.41. The van der Waals surface area contributed by atoms with Crippen molar-refractivity contribution >= 4 is 23.2 Å². The highest BCUT2D eigenvalue weighted by Crippen LogP contribution is 2.58. The maximum absolute atomic E-state index is 12.3. The Kier molecular flexibility index (Phi) is 3.74. The molecule has 1 aromatic carbocycles. The van der Waals surface area contributed by atoms with Crippen LogP contribution in [0.4, 0.5) is 0 Å². The third-order valence-electron chi connectivity index (χ3n) is 6.06. The third kappa shape index (κ3) is 2.68. The first-order chi connectivity index (χ1) is 12.0. The quantitative estimate of drug-likeness (QED) is 0.687. The molecule has 3 aliphatic rings. The van der Waals surface area contributed by atoms with Crippen molar-refractivity contribution in [3.63, 3.8) is 0 Å². The number of aryl methyl sites for hydroxylation is 1. The summed E-state index contributed by atoms with van der Waals surface area (Å²) in [6.07, 6.45) is 6.48. The zero-order valence-corrected chi connectivity index (χ0v) is 15.0. The van der Waals surface area contributed by atoms with Crippen molar-refractivity contribution in [1.29, 1.82) is 0 Å². The molecule has 3 aliphatic carbocycles. The lowest BCUT2D eigenvalue weighted by atomic mass is 9.49. The van der Waals surface area contributed by atoms with Crippen molar-refractivity contribution in [3.05, 3.63) is 41.7 Å². The van der Waals surface area contributed by atoms with Crippen LogP contribution in [-0.4, -0.2) is 21.7 Å². The first-order valence-corrected chi connectivity index (χ1v) is 8.90. The smallest absolute Gasteiger partial charge is 0.260 e. The lowest BCUT2D eigenvalue weighted by Gasteiger charge is -2.55. The van der Waals surface area contributed by atoms with Gasteiger partial charge in [0.05, 0.1) is 17.2 Å². The molecule has 0 saturated heterocycles. The number of imidazole rings is 1. The fourth-order valence-corrected chi connectivity index (χ4v) is 4.30. The summed E-state index contributed by atoms with van der Waals surface area (Å²) in [5.74, 6) is 2.08. The van der Waals surface area contributed by atoms with E-state index in [4.69, 9.17) is 0 Å². The highest BCUT2D eigenvalue weighted by atomic mass is 16.2. The number of carbonyl (C=O) groups is 1. The molecule has 1 fully saturated rings. The van der Waals surface area contributed by atoms with Gasteiger partial charge in [-0.05, 0) is 54.7 Å². The van der Waals surface area contributed by atoms with E-state index < -0.39 is 0 Å². The molecular formula is C20H24N4O. The van der Waals surface area contributed by atoms with Crippen LogP contribution in [0.5, 0.6) is 0 Å². The molecule has 5 rings (SSSR count). The SMILES string of the molecule is Cc1nc2ccccc2n1CC(=O)N/N=C\C1=CC[C@@H]2C[C@@H]1C2(C)C. The number of hydrazone groups is 1. The van der Waals surface area contributed by atoms with Crippen molar-refractivity contribution in [1.82, 2.24) is 15.0 Å². The van der Waals surface area contributed by atoms with E-state index in [2.05, 4.69) is 35.4 Å². The first-order valence-electron chi connectivity index (χ1n) is 8.90. The Morgan fingerprint density at radius 3 is 3.00 bits per heavy atom. The summed E-state index contributed by atoms with van der Waals surface area (Å²) in [5, 5.41) is 4.20. The van der Waals surface area contributed by atoms with E-state index in [-0.39, 0.29) is 12.5 Å². The topological polar surface area (TPSA) is 59.3 Å². The fourth-order valence-electron chi connectivity index (χ4n) is 4.30. The van der Waals surface area contributed by atoms with Gasteiger partial charge in [0.15, 0.2) is 0 Å². The van der Waals surface area contributed by atoms with Crippen LogP contribution in [0.2, 0.25) is 0 Å². The van der Waals surface area contributed by atoms with Crippen LogP contribution < -0.4 is 5.43 Å². The van der Waals surface area contributed by atoms with Crippen molar-refractivity contribution in [3.8, 4) is 0 Å². The van der Waals surface area contributed by atoms with Crippen molar-refractivity contribution < 1.29 is 4.79 Å². The molecule has 0 spiro atoms. The summed E-state index contributed by atoms with van der Waals surface area (Å²) < 4.78 is 1.92. The maximum Gasteiger partial charge on any atom is 0.260 e. The Bertz CT molecular complexity index is 890. The van der Waals surface area contributed by atoms with E-state index in [0.29, 0.717) is 11.3 Å². The van der Waals surface area contributed by atoms with Crippen LogP contribution in [0.3, 0.4) is 0 Å². The number of rotatable bonds is 4. The Hall–Kier alpha value is -2.43. The van der Waals surface area contributed by atoms with Gasteiger partial charge in [0.2, 0.25) is 0 Å². The monoisotopic (exact) mass is 336 g/mol. The van der Waals surface area contributed by atoms with Gasteiger partial charge in [0.25, 0.3) is 5.91 Å². The number of allylic oxidation sites excluding steroid dienone is 2. The zero-order chi connectivity index (χ0) is 17.6. The van der Waals surface area contributed by atoms with E-state index in [9.17, 15) is 4.79 Å². The summed E-state index contributed by atoms with van der Waals surface area (Å²) in [4.78, 5) is 16.8. The van der Waals surface area contributed by atoms with Gasteiger partial charge in [-0.2, -0.15) is 5.10 Å². The molecule has 5 nitrogen and oxygen atoms in total. The van der Waals surface area contributed by atoms with E-state index in [1.54, 1.807) is 0 Å². The second-order valence-corrected chi connectivity index (χ2v) is 7.77. The van der Waals surface area contributed by atoms with Crippen molar-refractivity contribution in [2.45, 2.75) is 40.2 Å². The normalized spacial score (nSPS) is 24.2. The third-order valence-corrected chi connectivity index (χ3v) is 6.06. The van der Waals surface area contributed by atoms with Crippen LogP contribution in [0, 0.1) is 24.2 Å². The lowest BCUT2D eigenvalue weighted by molar-refractivity contribution is -0.121. The van der Waals surface area contributed by atoms with Gasteiger partial charge in [0.1, 0.15) is 12.4 Å². The van der Waals surface area contributed by atoms with Gasteiger partial charge in [-0.15, -0.1) is 0 Å². The molecule has 0 aliphatic heterocycles. The van der Waals surface area contributed by atoms with Gasteiger partial charge < -0.3 is 4.57 Å². The Morgan fingerprint density at radius 1 is 1.44 bits per heavy atom. The molecule has 25 heavy (non-hydrogen) atoms. The first kappa shape index (κ1) is 16.1. The predicted molar refractivity (Wildman–Crippen MR) is 99.2 cm³/mol. The Morgan fingerprint density at radius 2 is 2.24 bits per heavy atom. The lowest BCUT2D eigenvalue weighted by Crippen LogP contribution is -2.48. The molecule has 1 amide bonds. The van der Waals surface area contributed by atoms with Crippen LogP contribution in [0.25, 0.3) is 11.0 Å². The van der Waals surface area contributed by atoms with Crippen LogP contribution >= 0.6 is 0 Å². The van der Waals surface area contributed by atoms with Crippen LogP contribution in [-0.2, 0) is 11.3 Å². The van der Waals surface area contributed by atoms with Gasteiger partial charge >= 0.3 is 0 Å². The molecule has 2 aromatic rings. The molecule has 5 heteroatoms. The summed E-state index contributed by atoms with van der Waals surface area (Å²) in [5.41, 5.74) is 6.17. The standard InChI is InChI=1S/C20H24N4O/c1-13-22-17-6-4-5-7-18(17)24(13)12-19(25)23-21-11-14-8-9-15-10-16(14)20(15,2)3/h4-8,11,15-16H,9-10,12H2,1-3H3,(H,23,25)/b21-11-/t15-,16+/m1/s1. The number of carbonyl (C=O) groups excluding carboxylic acids is 1. The minimum atomic E-state index is -0.135. The molecule has 1 N–H and O–H groups in total. The van der Waals surface area contributed by atoms with Gasteiger partial charge in [-0.3, -0.25) is 4.79 Å². The predicted octanol–water partition coefficient (Wildman–Crippen LogP) is 3.44. The molecule has 2 bridgehead atoms. The number of amides is 1. The minimum Gasteiger partial charge on any atom is -0.319 e. The number of hydrogen-bond acceptors (Lipinski definition) is 3. The van der Waals surface area contributed by atoms with E-state index >= 15 is 0 Å². The van der Waals surface area contributed by atoms with Gasteiger partial charge in [-0.1, -0.05) is 32.1 Å². The number of hydrogen-bond donors (Lipinski definition) is 1. The highest BCUT2D eigenvalue weighted by Gasteiger charge is 2.50. The van der Waals surface area contributed by atoms with Crippen LogP contribution in [0.15, 0.2) is 41.0 Å². The average Bonchev–Trinajstić information content (AvgIpc) is 2.90. The van der Waals surface area contributed by atoms with Crippen molar-refractivity contribution in [2.75, 3.05) is 0 Å². The summed E-state index contributed by atoms with van der Waals surface area (Å²) in [6, 6.07) is 7.85. The number of nitrogens with zero attached hydrogens (tertiary/aromatic N) is 3. The molecule has 0 radical (unpaired) electrons. The van der Waals surface area contributed by atoms with Gasteiger partial charge in [0, 0.05) is 0 Å². The average molecular weight is 336 g/mol. The molecule has 1 aromatic heterocycles. The van der Waals surface area contributed by atoms with E-state index in [1.165, 1.54) is 12.0 Å². The summed E-state index contributed by atoms with van der Waals surface area (Å²) in [7, 11) is 0. The van der Waals surface area contributed by atoms with E-state index in [0.717, 1.165) is 29.2 Å². The fraction of sp³-hybridized carbons (Fsp3) is 0.450. The second-order valence-electron chi connectivity index (χ2n) is 7.77. The number of para-hydroxylation sites is 2. The molecule has 0 unspecified atom stereocenters. The Labute approximate surface area is 147 Å². The number of nitrogens with one attached hydrogen (secondary N) is 1. The van der Waals surface area contributed by atoms with Crippen molar-refractivity contribution in [2.24, 2.45) is 22.4 Å². The number of benzene rings is 1. The number of aromatic nitrogens is 2. The second kappa shape index (κ2) is 5.83. The molecule has 1 saturated carbocycles. The molecule has 1 heterocycles. The zero-order valence-electron chi connectivity index (χ0n) is 15.0. The van der Waals surface area contributed by atoms with E-state index in [1.807, 2.05) is 42.0 Å². The van der Waals surface area contributed by atoms with Gasteiger partial charge in [-0.25, -0.2) is 10.4 Å². The van der Waals surface area contributed by atoms with Crippen LogP contribution in [0.1, 0.15) is 32.5 Å². The molecule has 2 atom stereocenters. The largest absolute Gasteiger partial charge is 0.319 e. The number of fused-ring (bicyclic) bond motifs is 2. The summed E-state index contributed by atoms with van der Waals surface area (Å²) in [6.45, 7) is 6.80. The summed E-state index contributed by atoms with van der Waals surface area (Å²) >= 11 is 0.